The van der Waals surface area contributed by atoms with E-state index in [1.54, 1.807) is 33.2 Å². The summed E-state index contributed by atoms with van der Waals surface area (Å²) < 4.78 is 0. The van der Waals surface area contributed by atoms with Gasteiger partial charge in [-0.2, -0.15) is 0 Å². The van der Waals surface area contributed by atoms with Crippen LogP contribution in [0.3, 0.4) is 0 Å². The third-order valence-corrected chi connectivity index (χ3v) is 3.43. The summed E-state index contributed by atoms with van der Waals surface area (Å²) in [5.41, 5.74) is 7.17. The van der Waals surface area contributed by atoms with Crippen LogP contribution in [0.5, 0.6) is 0 Å². The fourth-order valence-electron chi connectivity index (χ4n) is 2.05. The molecular formula is C16H25N3O2. The molecule has 0 radical (unpaired) electrons. The van der Waals surface area contributed by atoms with E-state index in [4.69, 9.17) is 5.73 Å². The molecule has 5 heteroatoms. The first-order chi connectivity index (χ1) is 9.69. The average molecular weight is 291 g/mol. The first-order valence-electron chi connectivity index (χ1n) is 7.11. The van der Waals surface area contributed by atoms with Crippen LogP contribution in [0.4, 0.5) is 5.69 Å². The Morgan fingerprint density at radius 1 is 1.33 bits per heavy atom. The Morgan fingerprint density at radius 2 is 1.95 bits per heavy atom. The molecule has 116 valence electrons. The lowest BCUT2D eigenvalue weighted by atomic mass is 9.96. The Morgan fingerprint density at radius 3 is 2.48 bits per heavy atom. The minimum absolute atomic E-state index is 0.102. The minimum Gasteiger partial charge on any atom is -0.345 e. The van der Waals surface area contributed by atoms with Gasteiger partial charge < -0.3 is 16.0 Å². The molecule has 0 bridgehead atoms. The predicted molar refractivity (Wildman–Crippen MR) is 85.3 cm³/mol. The zero-order chi connectivity index (χ0) is 16.2. The third-order valence-electron chi connectivity index (χ3n) is 3.43. The maximum atomic E-state index is 12.3. The third kappa shape index (κ3) is 4.29. The molecule has 1 atom stereocenters. The van der Waals surface area contributed by atoms with Crippen LogP contribution in [0.2, 0.25) is 0 Å². The van der Waals surface area contributed by atoms with Crippen LogP contribution in [-0.4, -0.2) is 36.3 Å². The van der Waals surface area contributed by atoms with Gasteiger partial charge in [0.15, 0.2) is 0 Å². The molecule has 0 spiro atoms. The van der Waals surface area contributed by atoms with Gasteiger partial charge in [0.25, 0.3) is 5.91 Å². The molecule has 2 amide bonds. The topological polar surface area (TPSA) is 75.4 Å². The number of hydrogen-bond acceptors (Lipinski definition) is 3. The number of aryl methyl sites for hydroxylation is 1. The van der Waals surface area contributed by atoms with Crippen LogP contribution in [0.1, 0.15) is 42.6 Å². The van der Waals surface area contributed by atoms with Gasteiger partial charge in [-0.15, -0.1) is 0 Å². The van der Waals surface area contributed by atoms with Crippen LogP contribution >= 0.6 is 0 Å². The summed E-state index contributed by atoms with van der Waals surface area (Å²) in [5.74, 6) is -0.337. The smallest absolute Gasteiger partial charge is 0.253 e. The van der Waals surface area contributed by atoms with Crippen molar-refractivity contribution in [3.05, 3.63) is 29.3 Å². The normalized spacial score (nSPS) is 13.4. The average Bonchev–Trinajstić information content (AvgIpc) is 2.40. The van der Waals surface area contributed by atoms with Crippen LogP contribution < -0.4 is 11.1 Å². The maximum absolute atomic E-state index is 12.3. The predicted octanol–water partition coefficient (Wildman–Crippen LogP) is 2.15. The van der Waals surface area contributed by atoms with E-state index in [0.717, 1.165) is 12.0 Å². The molecule has 1 rings (SSSR count). The van der Waals surface area contributed by atoms with Gasteiger partial charge in [0.1, 0.15) is 0 Å². The lowest BCUT2D eigenvalue weighted by molar-refractivity contribution is -0.120. The van der Waals surface area contributed by atoms with Crippen LogP contribution in [0.25, 0.3) is 0 Å². The highest BCUT2D eigenvalue weighted by atomic mass is 16.2. The van der Waals surface area contributed by atoms with Crippen molar-refractivity contribution in [2.45, 2.75) is 39.2 Å². The molecule has 0 saturated heterocycles. The van der Waals surface area contributed by atoms with Crippen LogP contribution in [0.15, 0.2) is 18.2 Å². The lowest BCUT2D eigenvalue weighted by Gasteiger charge is -2.23. The number of nitrogens with one attached hydrogen (secondary N) is 1. The number of hydrogen-bond donors (Lipinski definition) is 2. The second-order valence-electron chi connectivity index (χ2n) is 5.85. The lowest BCUT2D eigenvalue weighted by Crippen LogP contribution is -2.48. The number of anilines is 1. The van der Waals surface area contributed by atoms with E-state index in [0.29, 0.717) is 17.7 Å². The number of carbonyl (C=O) groups is 2. The molecule has 3 N–H and O–H groups in total. The van der Waals surface area contributed by atoms with Crippen molar-refractivity contribution in [2.75, 3.05) is 19.4 Å². The van der Waals surface area contributed by atoms with Crippen molar-refractivity contribution >= 4 is 17.5 Å². The van der Waals surface area contributed by atoms with Crippen molar-refractivity contribution in [3.63, 3.8) is 0 Å². The molecule has 0 heterocycles. The second-order valence-corrected chi connectivity index (χ2v) is 5.85. The van der Waals surface area contributed by atoms with E-state index >= 15 is 0 Å². The molecule has 0 saturated carbocycles. The first kappa shape index (κ1) is 17.2. The van der Waals surface area contributed by atoms with E-state index < -0.39 is 5.54 Å². The maximum Gasteiger partial charge on any atom is 0.253 e. The summed E-state index contributed by atoms with van der Waals surface area (Å²) in [6.07, 6.45) is 1.44. The van der Waals surface area contributed by atoms with Gasteiger partial charge in [-0.05, 0) is 38.0 Å². The highest BCUT2D eigenvalue weighted by Crippen LogP contribution is 2.20. The molecule has 5 nitrogen and oxygen atoms in total. The minimum atomic E-state index is -0.914. The first-order valence-corrected chi connectivity index (χ1v) is 7.11. The van der Waals surface area contributed by atoms with Crippen LogP contribution in [-0.2, 0) is 4.79 Å². The summed E-state index contributed by atoms with van der Waals surface area (Å²) in [4.78, 5) is 25.7. The molecule has 0 aliphatic carbocycles. The zero-order valence-electron chi connectivity index (χ0n) is 13.5. The van der Waals surface area contributed by atoms with Crippen molar-refractivity contribution in [1.29, 1.82) is 0 Å². The Balaban J connectivity index is 3.01. The van der Waals surface area contributed by atoms with E-state index in [9.17, 15) is 9.59 Å². The largest absolute Gasteiger partial charge is 0.345 e. The molecule has 0 aliphatic rings. The second kappa shape index (κ2) is 6.72. The zero-order valence-corrected chi connectivity index (χ0v) is 13.5. The quantitative estimate of drug-likeness (QED) is 0.873. The van der Waals surface area contributed by atoms with Gasteiger partial charge in [0.2, 0.25) is 5.91 Å². The van der Waals surface area contributed by atoms with E-state index in [1.165, 1.54) is 4.90 Å². The summed E-state index contributed by atoms with van der Waals surface area (Å²) in [5, 5.41) is 2.83. The molecule has 1 aromatic rings. The van der Waals surface area contributed by atoms with Gasteiger partial charge in [0.05, 0.1) is 5.54 Å². The molecule has 0 aromatic heterocycles. The van der Waals surface area contributed by atoms with Gasteiger partial charge >= 0.3 is 0 Å². The number of rotatable bonds is 5. The summed E-state index contributed by atoms with van der Waals surface area (Å²) in [6, 6.07) is 5.26. The number of carbonyl (C=O) groups excluding carboxylic acids is 2. The molecule has 0 fully saturated rings. The van der Waals surface area contributed by atoms with Crippen molar-refractivity contribution in [1.82, 2.24) is 4.90 Å². The van der Waals surface area contributed by atoms with Crippen molar-refractivity contribution in [2.24, 2.45) is 5.73 Å². The molecular weight excluding hydrogens is 266 g/mol. The highest BCUT2D eigenvalue weighted by molar-refractivity contribution is 6.00. The van der Waals surface area contributed by atoms with Gasteiger partial charge in [-0.1, -0.05) is 19.4 Å². The number of nitrogens with two attached hydrogens (primary N) is 1. The Kier molecular flexibility index (Phi) is 5.49. The number of nitrogens with zero attached hydrogens (tertiary/aromatic N) is 1. The van der Waals surface area contributed by atoms with Crippen LogP contribution in [0, 0.1) is 6.92 Å². The van der Waals surface area contributed by atoms with Crippen molar-refractivity contribution < 1.29 is 9.59 Å². The summed E-state index contributed by atoms with van der Waals surface area (Å²) >= 11 is 0. The Labute approximate surface area is 126 Å². The van der Waals surface area contributed by atoms with Crippen molar-refractivity contribution in [3.8, 4) is 0 Å². The van der Waals surface area contributed by atoms with E-state index in [2.05, 4.69) is 5.32 Å². The Bertz CT molecular complexity index is 536. The number of benzene rings is 1. The summed E-state index contributed by atoms with van der Waals surface area (Å²) in [6.45, 7) is 5.59. The van der Waals surface area contributed by atoms with Gasteiger partial charge in [-0.25, -0.2) is 0 Å². The van der Waals surface area contributed by atoms with Gasteiger partial charge in [0, 0.05) is 25.3 Å². The van der Waals surface area contributed by atoms with Gasteiger partial charge in [-0.3, -0.25) is 9.59 Å². The molecule has 21 heavy (non-hydrogen) atoms. The molecule has 1 unspecified atom stereocenters. The Hall–Kier alpha value is -1.88. The summed E-state index contributed by atoms with van der Waals surface area (Å²) in [7, 11) is 3.39. The van der Waals surface area contributed by atoms with E-state index in [1.807, 2.05) is 19.9 Å². The fourth-order valence-corrected chi connectivity index (χ4v) is 2.05. The standard InChI is InChI=1S/C16H25N3O2/c1-6-9-16(3,17)15(21)18-13-10-12(8-7-11(13)2)14(20)19(4)5/h7-8,10H,6,9,17H2,1-5H3,(H,18,21). The highest BCUT2D eigenvalue weighted by Gasteiger charge is 2.27. The number of amides is 2. The molecule has 1 aromatic carbocycles. The molecule has 0 aliphatic heterocycles. The SMILES string of the molecule is CCCC(C)(N)C(=O)Nc1cc(C(=O)N(C)C)ccc1C. The monoisotopic (exact) mass is 291 g/mol. The van der Waals surface area contributed by atoms with E-state index in [-0.39, 0.29) is 11.8 Å². The fraction of sp³-hybridized carbons (Fsp3) is 0.500.